The summed E-state index contributed by atoms with van der Waals surface area (Å²) in [6.07, 6.45) is 4.56. The quantitative estimate of drug-likeness (QED) is 0.123. The summed E-state index contributed by atoms with van der Waals surface area (Å²) in [5, 5.41) is 2.54. The topological polar surface area (TPSA) is 8.17 Å². The van der Waals surface area contributed by atoms with E-state index in [0.29, 0.717) is 11.8 Å². The molecule has 8 aromatic rings. The average Bonchev–Trinajstić information content (AvgIpc) is 3.54. The zero-order valence-corrected chi connectivity index (χ0v) is 32.0. The van der Waals surface area contributed by atoms with E-state index in [2.05, 4.69) is 207 Å². The fraction of sp³-hybridized carbons (Fsp3) is 0.192. The lowest BCUT2D eigenvalue weighted by molar-refractivity contribution is 0.586. The first kappa shape index (κ1) is 35.2. The van der Waals surface area contributed by atoms with E-state index >= 15 is 0 Å². The molecule has 268 valence electrons. The van der Waals surface area contributed by atoms with Gasteiger partial charge >= 0.3 is 0 Å². The molecule has 0 N–H and O–H groups in total. The maximum atomic E-state index is 2.43. The largest absolute Gasteiger partial charge is 0.310 e. The number of aryl methyl sites for hydroxylation is 2. The van der Waals surface area contributed by atoms with Crippen molar-refractivity contribution in [2.45, 2.75) is 53.4 Å². The Morgan fingerprint density at radius 3 is 1.50 bits per heavy atom. The first-order chi connectivity index (χ1) is 26.4. The zero-order valence-electron chi connectivity index (χ0n) is 32.0. The summed E-state index contributed by atoms with van der Waals surface area (Å²) in [7, 11) is 0. The zero-order chi connectivity index (χ0) is 37.0. The Bertz CT molecular complexity index is 2430. The van der Waals surface area contributed by atoms with Gasteiger partial charge in [-0.25, -0.2) is 0 Å². The van der Waals surface area contributed by atoms with Gasteiger partial charge in [-0.2, -0.15) is 0 Å². The Morgan fingerprint density at radius 2 is 0.907 bits per heavy atom. The minimum atomic E-state index is 0.681. The van der Waals surface area contributed by atoms with Crippen molar-refractivity contribution >= 4 is 38.9 Å². The van der Waals surface area contributed by atoms with E-state index in [1.54, 1.807) is 0 Å². The number of para-hydroxylation sites is 2. The summed E-state index contributed by atoms with van der Waals surface area (Å²) in [6, 6.07) is 62.7. The lowest BCUT2D eigenvalue weighted by Gasteiger charge is -2.27. The first-order valence-electron chi connectivity index (χ1n) is 19.7. The van der Waals surface area contributed by atoms with E-state index in [4.69, 9.17) is 0 Å². The van der Waals surface area contributed by atoms with Crippen molar-refractivity contribution in [3.8, 4) is 27.9 Å². The summed E-state index contributed by atoms with van der Waals surface area (Å²) < 4.78 is 2.37. The molecule has 2 heteroatoms. The predicted octanol–water partition coefficient (Wildman–Crippen LogP) is 14.8. The molecule has 0 bridgehead atoms. The summed E-state index contributed by atoms with van der Waals surface area (Å²) in [5.41, 5.74) is 14.9. The minimum Gasteiger partial charge on any atom is -0.310 e. The lowest BCUT2D eigenvalue weighted by Crippen LogP contribution is -2.11. The summed E-state index contributed by atoms with van der Waals surface area (Å²) in [6.45, 7) is 9.22. The van der Waals surface area contributed by atoms with Gasteiger partial charge in [0.25, 0.3) is 0 Å². The van der Waals surface area contributed by atoms with Gasteiger partial charge in [-0.05, 0) is 138 Å². The second-order valence-corrected chi connectivity index (χ2v) is 15.6. The number of anilines is 3. The van der Waals surface area contributed by atoms with Crippen LogP contribution >= 0.6 is 0 Å². The maximum absolute atomic E-state index is 2.43. The number of rotatable bonds is 12. The average molecular weight is 703 g/mol. The molecule has 0 amide bonds. The van der Waals surface area contributed by atoms with E-state index in [9.17, 15) is 0 Å². The van der Waals surface area contributed by atoms with Gasteiger partial charge in [-0.1, -0.05) is 131 Å². The highest BCUT2D eigenvalue weighted by Crippen LogP contribution is 2.38. The van der Waals surface area contributed by atoms with Gasteiger partial charge in [0.15, 0.2) is 0 Å². The molecule has 1 heterocycles. The number of hydrogen-bond donors (Lipinski definition) is 0. The van der Waals surface area contributed by atoms with E-state index in [1.807, 2.05) is 0 Å². The molecule has 0 saturated carbocycles. The van der Waals surface area contributed by atoms with Crippen LogP contribution < -0.4 is 4.90 Å². The summed E-state index contributed by atoms with van der Waals surface area (Å²) in [4.78, 5) is 2.43. The van der Waals surface area contributed by atoms with Crippen molar-refractivity contribution in [2.75, 3.05) is 4.90 Å². The predicted molar refractivity (Wildman–Crippen MR) is 233 cm³/mol. The van der Waals surface area contributed by atoms with Crippen LogP contribution in [0, 0.1) is 11.8 Å². The molecular formula is C52H50N2. The fourth-order valence-electron chi connectivity index (χ4n) is 7.73. The van der Waals surface area contributed by atoms with Crippen LogP contribution in [0.25, 0.3) is 49.7 Å². The Balaban J connectivity index is 1.09. The Labute approximate surface area is 321 Å². The van der Waals surface area contributed by atoms with Gasteiger partial charge in [-0.15, -0.1) is 0 Å². The number of aromatic nitrogens is 1. The molecule has 0 saturated heterocycles. The van der Waals surface area contributed by atoms with Crippen molar-refractivity contribution in [1.29, 1.82) is 0 Å². The highest BCUT2D eigenvalue weighted by Gasteiger charge is 2.16. The molecule has 0 aliphatic heterocycles. The third kappa shape index (κ3) is 7.48. The van der Waals surface area contributed by atoms with Crippen LogP contribution in [0.1, 0.15) is 51.7 Å². The fourth-order valence-corrected chi connectivity index (χ4v) is 7.73. The van der Waals surface area contributed by atoms with E-state index in [0.717, 1.165) is 12.8 Å². The Hall–Kier alpha value is -5.86. The molecule has 0 aliphatic rings. The normalized spacial score (nSPS) is 11.6. The molecular weight excluding hydrogens is 653 g/mol. The van der Waals surface area contributed by atoms with Crippen molar-refractivity contribution < 1.29 is 0 Å². The van der Waals surface area contributed by atoms with Crippen LogP contribution in [-0.2, 0) is 12.8 Å². The van der Waals surface area contributed by atoms with Gasteiger partial charge in [0.1, 0.15) is 0 Å². The van der Waals surface area contributed by atoms with Gasteiger partial charge in [0, 0.05) is 33.5 Å². The van der Waals surface area contributed by atoms with E-state index in [1.165, 1.54) is 90.8 Å². The van der Waals surface area contributed by atoms with Crippen molar-refractivity contribution in [2.24, 2.45) is 11.8 Å². The minimum absolute atomic E-state index is 0.681. The van der Waals surface area contributed by atoms with Crippen LogP contribution in [0.15, 0.2) is 170 Å². The van der Waals surface area contributed by atoms with Crippen LogP contribution in [0.4, 0.5) is 17.1 Å². The molecule has 0 unspecified atom stereocenters. The molecule has 7 aromatic carbocycles. The molecule has 8 rings (SSSR count). The van der Waals surface area contributed by atoms with Crippen LogP contribution in [0.3, 0.4) is 0 Å². The van der Waals surface area contributed by atoms with Gasteiger partial charge in [-0.3, -0.25) is 0 Å². The lowest BCUT2D eigenvalue weighted by atomic mass is 9.98. The Kier molecular flexibility index (Phi) is 10.2. The monoisotopic (exact) mass is 702 g/mol. The highest BCUT2D eigenvalue weighted by atomic mass is 15.1. The Morgan fingerprint density at radius 1 is 0.407 bits per heavy atom. The molecule has 0 fully saturated rings. The SMILES string of the molecule is CC(C)CCc1cccc(N(c2ccc(-c3ccc(-c4ccc5c(c4)c4ccccc4n5-c4ccccc4)cc3)cc2)c2cccc(CCC(C)C)c2)c1. The highest BCUT2D eigenvalue weighted by molar-refractivity contribution is 6.10. The van der Waals surface area contributed by atoms with Gasteiger partial charge in [0.05, 0.1) is 11.0 Å². The number of nitrogens with zero attached hydrogens (tertiary/aromatic N) is 2. The van der Waals surface area contributed by atoms with Crippen molar-refractivity contribution in [3.05, 3.63) is 181 Å². The number of hydrogen-bond acceptors (Lipinski definition) is 1. The maximum Gasteiger partial charge on any atom is 0.0541 e. The molecule has 0 aliphatic carbocycles. The third-order valence-corrected chi connectivity index (χ3v) is 10.7. The van der Waals surface area contributed by atoms with Crippen LogP contribution in [0.2, 0.25) is 0 Å². The molecule has 54 heavy (non-hydrogen) atoms. The van der Waals surface area contributed by atoms with E-state index < -0.39 is 0 Å². The van der Waals surface area contributed by atoms with E-state index in [-0.39, 0.29) is 0 Å². The molecule has 0 atom stereocenters. The second kappa shape index (κ2) is 15.6. The summed E-state index contributed by atoms with van der Waals surface area (Å²) in [5.74, 6) is 1.36. The van der Waals surface area contributed by atoms with Crippen LogP contribution in [0.5, 0.6) is 0 Å². The third-order valence-electron chi connectivity index (χ3n) is 10.7. The van der Waals surface area contributed by atoms with Gasteiger partial charge in [0.2, 0.25) is 0 Å². The second-order valence-electron chi connectivity index (χ2n) is 15.6. The van der Waals surface area contributed by atoms with Crippen molar-refractivity contribution in [3.63, 3.8) is 0 Å². The first-order valence-corrected chi connectivity index (χ1v) is 19.7. The van der Waals surface area contributed by atoms with Gasteiger partial charge < -0.3 is 9.47 Å². The standard InChI is InChI=1S/C52H50N2/c1-37(2)20-22-39-12-10-16-47(34-39)53(48-17-11-13-40(35-48)23-21-38(3)4)46-31-28-42(29-32-46)41-24-26-43(27-25-41)44-30-33-52-50(36-44)49-18-8-9-19-51(49)54(52)45-14-6-5-7-15-45/h5-19,24-38H,20-23H2,1-4H3. The van der Waals surface area contributed by atoms with Crippen molar-refractivity contribution in [1.82, 2.24) is 4.57 Å². The number of fused-ring (bicyclic) bond motifs is 3. The summed E-state index contributed by atoms with van der Waals surface area (Å²) >= 11 is 0. The van der Waals surface area contributed by atoms with Crippen LogP contribution in [-0.4, -0.2) is 4.57 Å². The molecule has 0 spiro atoms. The number of benzene rings is 7. The smallest absolute Gasteiger partial charge is 0.0541 e. The molecule has 1 aromatic heterocycles. The molecule has 0 radical (unpaired) electrons. The molecule has 2 nitrogen and oxygen atoms in total.